The van der Waals surface area contributed by atoms with Crippen molar-refractivity contribution >= 4 is 17.8 Å². The summed E-state index contributed by atoms with van der Waals surface area (Å²) in [5.41, 5.74) is -0.340. The summed E-state index contributed by atoms with van der Waals surface area (Å²) in [5, 5.41) is 12.4. The number of carboxylic acid groups (broad SMARTS) is 1. The van der Waals surface area contributed by atoms with E-state index in [0.29, 0.717) is 51.1 Å². The molecule has 0 aliphatic carbocycles. The number of ether oxygens (including phenoxy) is 1. The first-order chi connectivity index (χ1) is 13.0. The van der Waals surface area contributed by atoms with E-state index in [0.717, 1.165) is 6.42 Å². The fraction of sp³-hybridized carbons (Fsp3) is 0.550. The molecule has 7 heteroatoms. The molecule has 27 heavy (non-hydrogen) atoms. The normalized spacial score (nSPS) is 22.1. The predicted molar refractivity (Wildman–Crippen MR) is 98.2 cm³/mol. The SMILES string of the molecule is O=C(NCC1(C(=O)O)CCOCC1)C1CCCN(C(=O)c2ccccc2)C1. The van der Waals surface area contributed by atoms with Crippen LogP contribution in [0.3, 0.4) is 0 Å². The Morgan fingerprint density at radius 1 is 1.19 bits per heavy atom. The number of aliphatic carboxylic acids is 1. The number of amides is 2. The van der Waals surface area contributed by atoms with Crippen LogP contribution < -0.4 is 5.32 Å². The summed E-state index contributed by atoms with van der Waals surface area (Å²) in [7, 11) is 0. The average molecular weight is 374 g/mol. The second-order valence-electron chi connectivity index (χ2n) is 7.37. The van der Waals surface area contributed by atoms with Gasteiger partial charge in [0.05, 0.1) is 11.3 Å². The van der Waals surface area contributed by atoms with Gasteiger partial charge in [0.1, 0.15) is 0 Å². The van der Waals surface area contributed by atoms with Gasteiger partial charge in [0, 0.05) is 38.4 Å². The molecule has 7 nitrogen and oxygen atoms in total. The van der Waals surface area contributed by atoms with E-state index in [1.165, 1.54) is 0 Å². The summed E-state index contributed by atoms with van der Waals surface area (Å²) < 4.78 is 5.26. The van der Waals surface area contributed by atoms with Crippen LogP contribution in [-0.4, -0.2) is 60.6 Å². The molecule has 0 radical (unpaired) electrons. The molecule has 1 unspecified atom stereocenters. The van der Waals surface area contributed by atoms with Crippen LogP contribution in [0.25, 0.3) is 0 Å². The lowest BCUT2D eigenvalue weighted by molar-refractivity contribution is -0.154. The van der Waals surface area contributed by atoms with E-state index in [-0.39, 0.29) is 24.3 Å². The van der Waals surface area contributed by atoms with Crippen LogP contribution in [0.1, 0.15) is 36.0 Å². The Balaban J connectivity index is 1.58. The number of carboxylic acids is 1. The van der Waals surface area contributed by atoms with Crippen LogP contribution in [0.15, 0.2) is 30.3 Å². The second-order valence-corrected chi connectivity index (χ2v) is 7.37. The molecule has 1 aromatic rings. The molecule has 2 aliphatic rings. The third kappa shape index (κ3) is 4.47. The van der Waals surface area contributed by atoms with Crippen LogP contribution in [-0.2, 0) is 14.3 Å². The van der Waals surface area contributed by atoms with Crippen LogP contribution in [0.5, 0.6) is 0 Å². The molecular weight excluding hydrogens is 348 g/mol. The van der Waals surface area contributed by atoms with Crippen LogP contribution in [0.4, 0.5) is 0 Å². The summed E-state index contributed by atoms with van der Waals surface area (Å²) in [4.78, 5) is 38.7. The van der Waals surface area contributed by atoms with Crippen molar-refractivity contribution in [2.75, 3.05) is 32.8 Å². The van der Waals surface area contributed by atoms with Crippen LogP contribution in [0.2, 0.25) is 0 Å². The Labute approximate surface area is 158 Å². The van der Waals surface area contributed by atoms with Crippen LogP contribution in [0, 0.1) is 11.3 Å². The Morgan fingerprint density at radius 2 is 1.89 bits per heavy atom. The largest absolute Gasteiger partial charge is 0.481 e. The van der Waals surface area contributed by atoms with Gasteiger partial charge in [-0.3, -0.25) is 14.4 Å². The highest BCUT2D eigenvalue weighted by molar-refractivity contribution is 5.94. The molecule has 2 fully saturated rings. The number of hydrogen-bond donors (Lipinski definition) is 2. The maximum atomic E-state index is 12.6. The number of benzene rings is 1. The first-order valence-corrected chi connectivity index (χ1v) is 9.45. The van der Waals surface area contributed by atoms with E-state index in [9.17, 15) is 19.5 Å². The number of rotatable bonds is 5. The summed E-state index contributed by atoms with van der Waals surface area (Å²) in [6, 6.07) is 9.04. The van der Waals surface area contributed by atoms with Gasteiger partial charge in [-0.2, -0.15) is 0 Å². The van der Waals surface area contributed by atoms with Gasteiger partial charge in [-0.1, -0.05) is 18.2 Å². The van der Waals surface area contributed by atoms with Gasteiger partial charge in [-0.05, 0) is 37.8 Å². The lowest BCUT2D eigenvalue weighted by Crippen LogP contribution is -2.50. The highest BCUT2D eigenvalue weighted by Crippen LogP contribution is 2.30. The summed E-state index contributed by atoms with van der Waals surface area (Å²) >= 11 is 0. The number of carbonyl (C=O) groups is 3. The van der Waals surface area contributed by atoms with Gasteiger partial charge in [0.15, 0.2) is 0 Å². The monoisotopic (exact) mass is 374 g/mol. The number of carbonyl (C=O) groups excluding carboxylic acids is 2. The molecule has 2 N–H and O–H groups in total. The zero-order chi connectivity index (χ0) is 19.3. The van der Waals surface area contributed by atoms with Crippen molar-refractivity contribution in [3.63, 3.8) is 0 Å². The van der Waals surface area contributed by atoms with Gasteiger partial charge in [0.2, 0.25) is 5.91 Å². The molecular formula is C20H26N2O5. The highest BCUT2D eigenvalue weighted by Gasteiger charge is 2.41. The number of hydrogen-bond acceptors (Lipinski definition) is 4. The molecule has 0 spiro atoms. The Bertz CT molecular complexity index is 685. The second kappa shape index (κ2) is 8.52. The van der Waals surface area contributed by atoms with Crippen molar-refractivity contribution in [3.8, 4) is 0 Å². The topological polar surface area (TPSA) is 95.9 Å². The van der Waals surface area contributed by atoms with E-state index >= 15 is 0 Å². The zero-order valence-electron chi connectivity index (χ0n) is 15.4. The standard InChI is InChI=1S/C20H26N2O5/c23-17(21-14-20(19(25)26)8-11-27-12-9-20)16-7-4-10-22(13-16)18(24)15-5-2-1-3-6-15/h1-3,5-6,16H,4,7-14H2,(H,21,23)(H,25,26). The summed E-state index contributed by atoms with van der Waals surface area (Å²) in [6.45, 7) is 1.89. The first-order valence-electron chi connectivity index (χ1n) is 9.45. The molecule has 0 saturated carbocycles. The van der Waals surface area contributed by atoms with E-state index < -0.39 is 11.4 Å². The molecule has 0 aromatic heterocycles. The van der Waals surface area contributed by atoms with Crippen molar-refractivity contribution in [1.82, 2.24) is 10.2 Å². The molecule has 146 valence electrons. The van der Waals surface area contributed by atoms with E-state index in [1.807, 2.05) is 18.2 Å². The minimum absolute atomic E-state index is 0.0699. The maximum absolute atomic E-state index is 12.6. The molecule has 2 aliphatic heterocycles. The lowest BCUT2D eigenvalue weighted by Gasteiger charge is -2.35. The van der Waals surface area contributed by atoms with Gasteiger partial charge >= 0.3 is 5.97 Å². The molecule has 0 bridgehead atoms. The van der Waals surface area contributed by atoms with Gasteiger partial charge in [0.25, 0.3) is 5.91 Å². The molecule has 2 heterocycles. The van der Waals surface area contributed by atoms with Crippen LogP contribution >= 0.6 is 0 Å². The number of likely N-dealkylation sites (tertiary alicyclic amines) is 1. The van der Waals surface area contributed by atoms with E-state index in [1.54, 1.807) is 17.0 Å². The summed E-state index contributed by atoms with van der Waals surface area (Å²) in [6.07, 6.45) is 2.25. The molecule has 2 amide bonds. The molecule has 1 aromatic carbocycles. The van der Waals surface area contributed by atoms with Crippen molar-refractivity contribution < 1.29 is 24.2 Å². The highest BCUT2D eigenvalue weighted by atomic mass is 16.5. The first kappa shape index (κ1) is 19.4. The third-order valence-electron chi connectivity index (χ3n) is 5.60. The number of nitrogens with one attached hydrogen (secondary N) is 1. The van der Waals surface area contributed by atoms with Gasteiger partial charge in [-0.25, -0.2) is 0 Å². The molecule has 3 rings (SSSR count). The van der Waals surface area contributed by atoms with E-state index in [2.05, 4.69) is 5.32 Å². The fourth-order valence-corrected chi connectivity index (χ4v) is 3.77. The number of piperidine rings is 1. The van der Waals surface area contributed by atoms with Crippen molar-refractivity contribution in [2.45, 2.75) is 25.7 Å². The number of nitrogens with zero attached hydrogens (tertiary/aromatic N) is 1. The minimum Gasteiger partial charge on any atom is -0.481 e. The average Bonchev–Trinajstić information content (AvgIpc) is 2.72. The third-order valence-corrected chi connectivity index (χ3v) is 5.60. The molecule has 2 saturated heterocycles. The van der Waals surface area contributed by atoms with E-state index in [4.69, 9.17) is 4.74 Å². The lowest BCUT2D eigenvalue weighted by atomic mass is 9.80. The predicted octanol–water partition coefficient (Wildman–Crippen LogP) is 1.54. The summed E-state index contributed by atoms with van der Waals surface area (Å²) in [5.74, 6) is -1.44. The minimum atomic E-state index is -0.956. The molecule has 1 atom stereocenters. The van der Waals surface area contributed by atoms with Gasteiger partial charge < -0.3 is 20.1 Å². The zero-order valence-corrected chi connectivity index (χ0v) is 15.4. The maximum Gasteiger partial charge on any atom is 0.311 e. The van der Waals surface area contributed by atoms with Crippen molar-refractivity contribution in [1.29, 1.82) is 0 Å². The Morgan fingerprint density at radius 3 is 2.56 bits per heavy atom. The van der Waals surface area contributed by atoms with Crippen molar-refractivity contribution in [2.24, 2.45) is 11.3 Å². The Hall–Kier alpha value is -2.41. The van der Waals surface area contributed by atoms with Gasteiger partial charge in [-0.15, -0.1) is 0 Å². The Kier molecular flexibility index (Phi) is 6.11. The van der Waals surface area contributed by atoms with Crippen molar-refractivity contribution in [3.05, 3.63) is 35.9 Å². The smallest absolute Gasteiger partial charge is 0.311 e. The quantitative estimate of drug-likeness (QED) is 0.815. The fourth-order valence-electron chi connectivity index (χ4n) is 3.77.